The number of piperidine rings is 1. The summed E-state index contributed by atoms with van der Waals surface area (Å²) in [6.45, 7) is 6.91. The highest BCUT2D eigenvalue weighted by Gasteiger charge is 2.69. The maximum Gasteiger partial charge on any atom is 0.165 e. The number of phenolic OH excluding ortho intramolecular Hbond substituents is 1. The van der Waals surface area contributed by atoms with Crippen LogP contribution in [0.1, 0.15) is 55.5 Å². The molecule has 5 atom stereocenters. The number of nitrogens with zero attached hydrogens (tertiary/aromatic N) is 1. The summed E-state index contributed by atoms with van der Waals surface area (Å²) in [5.74, 6) is 0.964. The number of thiophene rings is 1. The molecule has 3 aliphatic rings. The highest BCUT2D eigenvalue weighted by molar-refractivity contribution is 7.19. The average Bonchev–Trinajstić information content (AvgIpc) is 3.49. The van der Waals surface area contributed by atoms with Gasteiger partial charge in [-0.25, -0.2) is 0 Å². The van der Waals surface area contributed by atoms with E-state index < -0.39 is 0 Å². The van der Waals surface area contributed by atoms with Crippen LogP contribution >= 0.6 is 11.3 Å². The summed E-state index contributed by atoms with van der Waals surface area (Å²) in [6.07, 6.45) is 4.95. The lowest BCUT2D eigenvalue weighted by molar-refractivity contribution is -0.129. The van der Waals surface area contributed by atoms with Crippen LogP contribution in [-0.2, 0) is 27.9 Å². The minimum Gasteiger partial charge on any atom is -0.504 e. The van der Waals surface area contributed by atoms with Gasteiger partial charge in [0.25, 0.3) is 0 Å². The van der Waals surface area contributed by atoms with Crippen molar-refractivity contribution in [2.75, 3.05) is 27.3 Å². The molecule has 2 aliphatic heterocycles. The van der Waals surface area contributed by atoms with Gasteiger partial charge in [-0.2, -0.15) is 0 Å². The van der Waals surface area contributed by atoms with Gasteiger partial charge in [-0.15, -0.1) is 11.3 Å². The number of fused-ring (bicyclic) bond motifs is 2. The van der Waals surface area contributed by atoms with Crippen LogP contribution in [0, 0.1) is 5.41 Å². The van der Waals surface area contributed by atoms with Gasteiger partial charge in [-0.3, -0.25) is 0 Å². The molecule has 1 saturated heterocycles. The molecule has 1 spiro atoms. The fourth-order valence-electron chi connectivity index (χ4n) is 8.10. The Morgan fingerprint density at radius 1 is 1.24 bits per heavy atom. The standard InChI is InChI=1S/C31H39NO4S/c1-5-30(13-8-16-35-19-23-17-21-9-6-7-10-25(21)37-23)26-18-22-11-12-24(33)28-27(22)31(30,14-15-32(26)3)29(36-28)20(2)34-4/h6-7,9-12,17,20,26,29,33H,5,8,13-16,18-19H2,1-4H3/t20?,26-,29+,30-,31+/m1/s1. The van der Waals surface area contributed by atoms with Gasteiger partial charge in [-0.05, 0) is 87.2 Å². The second-order valence-corrected chi connectivity index (χ2v) is 12.4. The van der Waals surface area contributed by atoms with Crippen LogP contribution in [-0.4, -0.2) is 55.6 Å². The molecule has 6 heteroatoms. The van der Waals surface area contributed by atoms with Gasteiger partial charge >= 0.3 is 0 Å². The van der Waals surface area contributed by atoms with Crippen molar-refractivity contribution >= 4 is 21.4 Å². The summed E-state index contributed by atoms with van der Waals surface area (Å²) in [5, 5.41) is 12.2. The van der Waals surface area contributed by atoms with Crippen molar-refractivity contribution in [1.29, 1.82) is 0 Å². The van der Waals surface area contributed by atoms with E-state index in [0.29, 0.717) is 18.4 Å². The van der Waals surface area contributed by atoms with Crippen molar-refractivity contribution in [2.24, 2.45) is 5.41 Å². The summed E-state index contributed by atoms with van der Waals surface area (Å²) < 4.78 is 20.2. The molecular formula is C31H39NO4S. The zero-order chi connectivity index (χ0) is 25.8. The third kappa shape index (κ3) is 3.67. The van der Waals surface area contributed by atoms with Crippen LogP contribution in [0.2, 0.25) is 0 Å². The molecule has 1 N–H and O–H groups in total. The number of likely N-dealkylation sites (N-methyl/N-ethyl adjacent to an activating group) is 1. The molecular weight excluding hydrogens is 482 g/mol. The zero-order valence-electron chi connectivity index (χ0n) is 22.5. The Labute approximate surface area is 224 Å². The molecule has 1 aromatic heterocycles. The van der Waals surface area contributed by atoms with E-state index in [0.717, 1.165) is 45.3 Å². The van der Waals surface area contributed by atoms with E-state index in [9.17, 15) is 5.11 Å². The topological polar surface area (TPSA) is 51.2 Å². The Bertz CT molecular complexity index is 1260. The van der Waals surface area contributed by atoms with E-state index in [-0.39, 0.29) is 28.8 Å². The number of hydrogen-bond acceptors (Lipinski definition) is 6. The smallest absolute Gasteiger partial charge is 0.165 e. The summed E-state index contributed by atoms with van der Waals surface area (Å²) in [7, 11) is 4.07. The van der Waals surface area contributed by atoms with Crippen molar-refractivity contribution in [3.05, 3.63) is 58.5 Å². The van der Waals surface area contributed by atoms with E-state index in [2.05, 4.69) is 62.2 Å². The largest absolute Gasteiger partial charge is 0.504 e. The lowest BCUT2D eigenvalue weighted by Gasteiger charge is -2.64. The summed E-state index contributed by atoms with van der Waals surface area (Å²) in [6, 6.07) is 15.2. The van der Waals surface area contributed by atoms with E-state index in [4.69, 9.17) is 14.2 Å². The Balaban J connectivity index is 1.28. The molecule has 198 valence electrons. The van der Waals surface area contributed by atoms with Gasteiger partial charge in [0.2, 0.25) is 0 Å². The molecule has 1 aliphatic carbocycles. The monoisotopic (exact) mass is 521 g/mol. The molecule has 3 heterocycles. The van der Waals surface area contributed by atoms with E-state index in [1.165, 1.54) is 26.1 Å². The summed E-state index contributed by atoms with van der Waals surface area (Å²) in [5.41, 5.74) is 2.44. The first-order valence-corrected chi connectivity index (χ1v) is 14.6. The van der Waals surface area contributed by atoms with Gasteiger partial charge in [0.05, 0.1) is 12.7 Å². The van der Waals surface area contributed by atoms with Gasteiger partial charge < -0.3 is 24.2 Å². The summed E-state index contributed by atoms with van der Waals surface area (Å²) in [4.78, 5) is 3.86. The molecule has 2 bridgehead atoms. The van der Waals surface area contributed by atoms with Crippen molar-refractivity contribution in [3.63, 3.8) is 0 Å². The van der Waals surface area contributed by atoms with Crippen molar-refractivity contribution in [1.82, 2.24) is 4.90 Å². The number of phenols is 1. The lowest BCUT2D eigenvalue weighted by atomic mass is 9.44. The highest BCUT2D eigenvalue weighted by Crippen LogP contribution is 2.68. The van der Waals surface area contributed by atoms with Gasteiger partial charge in [0.1, 0.15) is 6.10 Å². The van der Waals surface area contributed by atoms with Crippen molar-refractivity contribution in [3.8, 4) is 11.5 Å². The predicted molar refractivity (Wildman–Crippen MR) is 149 cm³/mol. The molecule has 1 fully saturated rings. The predicted octanol–water partition coefficient (Wildman–Crippen LogP) is 6.29. The van der Waals surface area contributed by atoms with Gasteiger partial charge in [0, 0.05) is 40.3 Å². The number of methoxy groups -OCH3 is 1. The first kappa shape index (κ1) is 25.2. The number of aromatic hydroxyl groups is 1. The molecule has 37 heavy (non-hydrogen) atoms. The SMILES string of the molecule is CC[C@@]1(CCCOCc2cc3ccccc3s2)[C@H]2Cc3ccc(O)c4c3[C@@]1(CCN2C)[C@H](C(C)OC)O4. The molecule has 3 aromatic rings. The molecule has 2 aromatic carbocycles. The third-order valence-electron chi connectivity index (χ3n) is 9.79. The van der Waals surface area contributed by atoms with E-state index >= 15 is 0 Å². The van der Waals surface area contributed by atoms with Crippen molar-refractivity contribution in [2.45, 2.75) is 76.2 Å². The van der Waals surface area contributed by atoms with Crippen LogP contribution in [0.15, 0.2) is 42.5 Å². The van der Waals surface area contributed by atoms with Crippen LogP contribution in [0.3, 0.4) is 0 Å². The van der Waals surface area contributed by atoms with E-state index in [1.54, 1.807) is 7.11 Å². The maximum absolute atomic E-state index is 10.9. The van der Waals surface area contributed by atoms with Crippen LogP contribution < -0.4 is 4.74 Å². The highest BCUT2D eigenvalue weighted by atomic mass is 32.1. The first-order valence-electron chi connectivity index (χ1n) is 13.8. The first-order chi connectivity index (χ1) is 17.9. The number of rotatable bonds is 9. The number of benzene rings is 2. The Hall–Kier alpha value is -2.12. The Morgan fingerprint density at radius 3 is 2.86 bits per heavy atom. The minimum absolute atomic E-state index is 0.0183. The quantitative estimate of drug-likeness (QED) is 0.335. The second kappa shape index (κ2) is 9.57. The maximum atomic E-state index is 10.9. The molecule has 0 saturated carbocycles. The second-order valence-electron chi connectivity index (χ2n) is 11.3. The minimum atomic E-state index is -0.179. The number of hydrogen-bond donors (Lipinski definition) is 1. The lowest BCUT2D eigenvalue weighted by Crippen LogP contribution is -2.70. The van der Waals surface area contributed by atoms with Gasteiger partial charge in [0.15, 0.2) is 11.5 Å². The summed E-state index contributed by atoms with van der Waals surface area (Å²) >= 11 is 1.82. The fraction of sp³-hybridized carbons (Fsp3) is 0.548. The molecule has 6 rings (SSSR count). The van der Waals surface area contributed by atoms with E-state index in [1.807, 2.05) is 17.4 Å². The Kier molecular flexibility index (Phi) is 6.51. The van der Waals surface area contributed by atoms with Crippen LogP contribution in [0.4, 0.5) is 0 Å². The molecule has 0 amide bonds. The fourth-order valence-corrected chi connectivity index (χ4v) is 9.11. The van der Waals surface area contributed by atoms with Crippen LogP contribution in [0.5, 0.6) is 11.5 Å². The number of likely N-dealkylation sites (tertiary alicyclic amines) is 1. The van der Waals surface area contributed by atoms with Gasteiger partial charge in [-0.1, -0.05) is 31.2 Å². The molecule has 0 radical (unpaired) electrons. The normalized spacial score (nSPS) is 29.3. The van der Waals surface area contributed by atoms with Crippen LogP contribution in [0.25, 0.3) is 10.1 Å². The Morgan fingerprint density at radius 2 is 2.08 bits per heavy atom. The molecule has 5 nitrogen and oxygen atoms in total. The average molecular weight is 522 g/mol. The third-order valence-corrected chi connectivity index (χ3v) is 10.9. The number of ether oxygens (including phenoxy) is 3. The molecule has 1 unspecified atom stereocenters. The zero-order valence-corrected chi connectivity index (χ0v) is 23.3. The van der Waals surface area contributed by atoms with Crippen molar-refractivity contribution < 1.29 is 19.3 Å².